The molecule has 0 aliphatic carbocycles. The number of benzene rings is 2. The van der Waals surface area contributed by atoms with Crippen LogP contribution in [0.4, 0.5) is 5.69 Å². The van der Waals surface area contributed by atoms with Gasteiger partial charge in [-0.25, -0.2) is 16.8 Å². The minimum Gasteiger partial charge on any atom is -0.744 e. The first-order valence-corrected chi connectivity index (χ1v) is 8.10. The Hall–Kier alpha value is -2.28. The summed E-state index contributed by atoms with van der Waals surface area (Å²) in [6.07, 6.45) is 0. The Balaban J connectivity index is 3.09. The van der Waals surface area contributed by atoms with Gasteiger partial charge in [-0.3, -0.25) is 10.1 Å². The lowest BCUT2D eigenvalue weighted by molar-refractivity contribution is -0.386. The predicted molar refractivity (Wildman–Crippen MR) is 68.2 cm³/mol. The van der Waals surface area contributed by atoms with E-state index in [4.69, 9.17) is 0 Å². The van der Waals surface area contributed by atoms with Gasteiger partial charge in [0.1, 0.15) is 26.0 Å². The van der Waals surface area contributed by atoms with Gasteiger partial charge in [0.2, 0.25) is 0 Å². The smallest absolute Gasteiger partial charge is 0.298 e. The summed E-state index contributed by atoms with van der Waals surface area (Å²) in [5, 5.41) is 19.9. The zero-order chi connectivity index (χ0) is 16.9. The number of nitro benzene ring substituents is 1. The highest BCUT2D eigenvalue weighted by atomic mass is 32.2. The maximum atomic E-state index is 11.1. The Bertz CT molecular complexity index is 1010. The summed E-state index contributed by atoms with van der Waals surface area (Å²) in [4.78, 5) is 7.46. The van der Waals surface area contributed by atoms with Crippen LogP contribution in [0.5, 0.6) is 5.75 Å². The van der Waals surface area contributed by atoms with E-state index in [-0.39, 0.29) is 5.39 Å². The summed E-state index contributed by atoms with van der Waals surface area (Å²) < 4.78 is 66.2. The molecule has 0 aromatic heterocycles. The van der Waals surface area contributed by atoms with E-state index in [1.165, 1.54) is 0 Å². The van der Waals surface area contributed by atoms with Gasteiger partial charge in [-0.2, -0.15) is 0 Å². The molecule has 0 spiro atoms. The van der Waals surface area contributed by atoms with Gasteiger partial charge in [-0.05, 0) is 23.6 Å². The molecule has 0 heterocycles. The summed E-state index contributed by atoms with van der Waals surface area (Å²) in [6, 6.07) is 3.12. The Labute approximate surface area is 123 Å². The van der Waals surface area contributed by atoms with E-state index in [1.807, 2.05) is 0 Å². The van der Waals surface area contributed by atoms with Gasteiger partial charge in [0.05, 0.1) is 15.2 Å². The van der Waals surface area contributed by atoms with Crippen LogP contribution in [0.25, 0.3) is 10.8 Å². The number of phenolic OH excluding ortho intramolecular Hbond substituents is 1. The molecule has 1 N–H and O–H groups in total. The SMILES string of the molecule is O=[N+]([O-])c1c(S(=O)(=O)[O-])c(O)cc2ccc(S(=O)(=O)[O-])cc12. The van der Waals surface area contributed by atoms with E-state index in [1.54, 1.807) is 0 Å². The molecule has 12 heteroatoms. The van der Waals surface area contributed by atoms with Gasteiger partial charge in [0, 0.05) is 0 Å². The van der Waals surface area contributed by atoms with Crippen LogP contribution in [-0.4, -0.2) is 36.0 Å². The maximum absolute atomic E-state index is 11.1. The standard InChI is InChI=1S/C10H7NO9S2/c12-8-3-5-1-2-6(21(15,16)17)4-7(5)9(11(13)14)10(8)22(18,19)20/h1-4,12H,(H,15,16,17)(H,18,19,20)/p-2. The third-order valence-electron chi connectivity index (χ3n) is 2.74. The van der Waals surface area contributed by atoms with Crippen LogP contribution in [0.1, 0.15) is 0 Å². The monoisotopic (exact) mass is 347 g/mol. The van der Waals surface area contributed by atoms with Crippen LogP contribution in [0, 0.1) is 10.1 Å². The van der Waals surface area contributed by atoms with Crippen molar-refractivity contribution in [3.05, 3.63) is 34.4 Å². The Morgan fingerprint density at radius 2 is 1.59 bits per heavy atom. The first-order valence-electron chi connectivity index (χ1n) is 5.29. The highest BCUT2D eigenvalue weighted by Crippen LogP contribution is 2.39. The van der Waals surface area contributed by atoms with E-state index in [0.29, 0.717) is 6.07 Å². The van der Waals surface area contributed by atoms with Gasteiger partial charge in [-0.15, -0.1) is 0 Å². The lowest BCUT2D eigenvalue weighted by Gasteiger charge is -2.13. The van der Waals surface area contributed by atoms with Crippen LogP contribution in [0.15, 0.2) is 34.1 Å². The van der Waals surface area contributed by atoms with Crippen molar-refractivity contribution in [3.8, 4) is 5.75 Å². The van der Waals surface area contributed by atoms with E-state index in [0.717, 1.165) is 18.2 Å². The third kappa shape index (κ3) is 2.71. The molecule has 22 heavy (non-hydrogen) atoms. The van der Waals surface area contributed by atoms with Crippen LogP contribution in [-0.2, 0) is 20.2 Å². The molecule has 0 amide bonds. The van der Waals surface area contributed by atoms with Crippen molar-refractivity contribution in [1.29, 1.82) is 0 Å². The molecule has 0 aliphatic rings. The van der Waals surface area contributed by atoms with E-state index < -0.39 is 51.8 Å². The molecule has 0 saturated carbocycles. The number of fused-ring (bicyclic) bond motifs is 1. The minimum atomic E-state index is -5.42. The van der Waals surface area contributed by atoms with Crippen LogP contribution >= 0.6 is 0 Å². The highest BCUT2D eigenvalue weighted by molar-refractivity contribution is 7.86. The number of nitro groups is 1. The van der Waals surface area contributed by atoms with Gasteiger partial charge in [-0.1, -0.05) is 6.07 Å². The topological polar surface area (TPSA) is 178 Å². The quantitative estimate of drug-likeness (QED) is 0.463. The Kier molecular flexibility index (Phi) is 3.57. The molecule has 0 aliphatic heterocycles. The summed E-state index contributed by atoms with van der Waals surface area (Å²) in [6.45, 7) is 0. The fourth-order valence-electron chi connectivity index (χ4n) is 1.91. The van der Waals surface area contributed by atoms with Gasteiger partial charge in [0.15, 0.2) is 4.90 Å². The average Bonchev–Trinajstić information content (AvgIpc) is 2.33. The molecule has 0 bridgehead atoms. The molecule has 2 aromatic rings. The number of hydrogen-bond acceptors (Lipinski definition) is 9. The van der Waals surface area contributed by atoms with Gasteiger partial charge in [0.25, 0.3) is 5.69 Å². The second-order valence-electron chi connectivity index (χ2n) is 4.12. The third-order valence-corrected chi connectivity index (χ3v) is 4.47. The van der Waals surface area contributed by atoms with Crippen molar-refractivity contribution in [2.45, 2.75) is 9.79 Å². The first kappa shape index (κ1) is 16.1. The Morgan fingerprint density at radius 3 is 2.05 bits per heavy atom. The summed E-state index contributed by atoms with van der Waals surface area (Å²) in [5.41, 5.74) is -1.30. The normalized spacial score (nSPS) is 12.5. The summed E-state index contributed by atoms with van der Waals surface area (Å²) in [7, 11) is -10.4. The molecular formula is C10H5NO9S2-2. The highest BCUT2D eigenvalue weighted by Gasteiger charge is 2.27. The van der Waals surface area contributed by atoms with Gasteiger partial charge < -0.3 is 14.2 Å². The summed E-state index contributed by atoms with van der Waals surface area (Å²) >= 11 is 0. The van der Waals surface area contributed by atoms with E-state index in [2.05, 4.69) is 0 Å². The number of rotatable bonds is 3. The van der Waals surface area contributed by atoms with E-state index in [9.17, 15) is 41.2 Å². The lowest BCUT2D eigenvalue weighted by Crippen LogP contribution is -2.06. The zero-order valence-corrected chi connectivity index (χ0v) is 11.9. The van der Waals surface area contributed by atoms with Crippen molar-refractivity contribution in [3.63, 3.8) is 0 Å². The minimum absolute atomic E-state index is 0.121. The molecule has 0 atom stereocenters. The fourth-order valence-corrected chi connectivity index (χ4v) is 3.14. The fraction of sp³-hybridized carbons (Fsp3) is 0. The number of aromatic hydroxyl groups is 1. The van der Waals surface area contributed by atoms with Crippen molar-refractivity contribution in [2.75, 3.05) is 0 Å². The second-order valence-corrected chi connectivity index (χ2v) is 6.82. The molecule has 0 fully saturated rings. The van der Waals surface area contributed by atoms with Crippen molar-refractivity contribution in [2.24, 2.45) is 0 Å². The van der Waals surface area contributed by atoms with Gasteiger partial charge >= 0.3 is 0 Å². The molecule has 10 nitrogen and oxygen atoms in total. The zero-order valence-electron chi connectivity index (χ0n) is 10.3. The molecule has 0 unspecified atom stereocenters. The molecule has 2 aromatic carbocycles. The molecule has 2 rings (SSSR count). The number of phenols is 1. The van der Waals surface area contributed by atoms with Crippen LogP contribution in [0.2, 0.25) is 0 Å². The molecule has 118 valence electrons. The molecule has 0 radical (unpaired) electrons. The second kappa shape index (κ2) is 4.88. The number of hydrogen-bond donors (Lipinski definition) is 1. The van der Waals surface area contributed by atoms with E-state index >= 15 is 0 Å². The predicted octanol–water partition coefficient (Wildman–Crippen LogP) is 0.262. The number of nitrogens with zero attached hydrogens (tertiary/aromatic N) is 1. The largest absolute Gasteiger partial charge is 0.744 e. The Morgan fingerprint density at radius 1 is 1.00 bits per heavy atom. The van der Waals surface area contributed by atoms with Crippen molar-refractivity contribution >= 4 is 36.7 Å². The van der Waals surface area contributed by atoms with Crippen molar-refractivity contribution in [1.82, 2.24) is 0 Å². The van der Waals surface area contributed by atoms with Crippen LogP contribution < -0.4 is 0 Å². The lowest BCUT2D eigenvalue weighted by atomic mass is 10.1. The average molecular weight is 347 g/mol. The molecule has 0 saturated heterocycles. The maximum Gasteiger partial charge on any atom is 0.298 e. The van der Waals surface area contributed by atoms with Crippen molar-refractivity contribution < 1.29 is 36.0 Å². The summed E-state index contributed by atoms with van der Waals surface area (Å²) in [5.74, 6) is -1.15. The first-order chi connectivity index (χ1) is 9.93. The van der Waals surface area contributed by atoms with Crippen LogP contribution in [0.3, 0.4) is 0 Å². The molecular weight excluding hydrogens is 342 g/mol.